The molecule has 0 radical (unpaired) electrons. The summed E-state index contributed by atoms with van der Waals surface area (Å²) < 4.78 is 13.8. The van der Waals surface area contributed by atoms with Gasteiger partial charge < -0.3 is 5.11 Å². The van der Waals surface area contributed by atoms with Gasteiger partial charge >= 0.3 is 5.97 Å². The van der Waals surface area contributed by atoms with Crippen molar-refractivity contribution in [2.75, 3.05) is 0 Å². The maximum Gasteiger partial charge on any atom is 0.328 e. The molecule has 0 heterocycles. The fourth-order valence-electron chi connectivity index (χ4n) is 0.867. The summed E-state index contributed by atoms with van der Waals surface area (Å²) in [6.07, 6.45) is 2.37. The molecule has 0 aliphatic rings. The van der Waals surface area contributed by atoms with E-state index in [0.29, 0.717) is 14.5 Å². The van der Waals surface area contributed by atoms with Gasteiger partial charge in [-0.2, -0.15) is 0 Å². The second-order valence-electron chi connectivity index (χ2n) is 2.45. The number of halogens is 3. The Kier molecular flexibility index (Phi) is 3.83. The molecule has 0 atom stereocenters. The summed E-state index contributed by atoms with van der Waals surface area (Å²) in [4.78, 5) is 10.3. The predicted molar refractivity (Wildman–Crippen MR) is 58.5 cm³/mol. The third kappa shape index (κ3) is 2.92. The monoisotopic (exact) mass is 322 g/mol. The third-order valence-corrected chi connectivity index (χ3v) is 2.75. The largest absolute Gasteiger partial charge is 0.478 e. The van der Waals surface area contributed by atoms with E-state index in [1.807, 2.05) is 0 Å². The number of aliphatic carboxylic acids is 1. The van der Waals surface area contributed by atoms with E-state index in [2.05, 4.69) is 31.9 Å². The van der Waals surface area contributed by atoms with E-state index in [1.54, 1.807) is 0 Å². The SMILES string of the molecule is O=C(O)/C=C/c1c(Br)cc(F)cc1Br. The summed E-state index contributed by atoms with van der Waals surface area (Å²) in [6.45, 7) is 0. The zero-order valence-electron chi connectivity index (χ0n) is 6.80. The van der Waals surface area contributed by atoms with Crippen molar-refractivity contribution < 1.29 is 14.3 Å². The van der Waals surface area contributed by atoms with Gasteiger partial charge in [-0.3, -0.25) is 0 Å². The first kappa shape index (κ1) is 11.4. The van der Waals surface area contributed by atoms with Crippen molar-refractivity contribution in [1.82, 2.24) is 0 Å². The second-order valence-corrected chi connectivity index (χ2v) is 4.16. The number of hydrogen-bond acceptors (Lipinski definition) is 1. The molecule has 0 aliphatic carbocycles. The molecule has 1 N–H and O–H groups in total. The van der Waals surface area contributed by atoms with E-state index in [4.69, 9.17) is 5.11 Å². The van der Waals surface area contributed by atoms with Crippen molar-refractivity contribution in [3.8, 4) is 0 Å². The van der Waals surface area contributed by atoms with Crippen LogP contribution in [0.5, 0.6) is 0 Å². The second kappa shape index (κ2) is 4.70. The number of hydrogen-bond donors (Lipinski definition) is 1. The maximum atomic E-state index is 12.8. The molecule has 0 bridgehead atoms. The summed E-state index contributed by atoms with van der Waals surface area (Å²) in [5.41, 5.74) is 0.591. The van der Waals surface area contributed by atoms with Crippen LogP contribution in [0.1, 0.15) is 5.56 Å². The lowest BCUT2D eigenvalue weighted by Crippen LogP contribution is -1.87. The van der Waals surface area contributed by atoms with Gasteiger partial charge in [-0.15, -0.1) is 0 Å². The molecule has 5 heteroatoms. The Labute approximate surface area is 96.7 Å². The number of rotatable bonds is 2. The fourth-order valence-corrected chi connectivity index (χ4v) is 2.26. The van der Waals surface area contributed by atoms with Crippen LogP contribution in [-0.2, 0) is 4.79 Å². The van der Waals surface area contributed by atoms with E-state index in [1.165, 1.54) is 18.2 Å². The summed E-state index contributed by atoms with van der Waals surface area (Å²) in [5, 5.41) is 8.42. The average molecular weight is 324 g/mol. The van der Waals surface area contributed by atoms with E-state index in [0.717, 1.165) is 6.08 Å². The lowest BCUT2D eigenvalue weighted by molar-refractivity contribution is -0.131. The summed E-state index contributed by atoms with van der Waals surface area (Å²) in [5.74, 6) is -1.44. The normalized spacial score (nSPS) is 10.8. The smallest absolute Gasteiger partial charge is 0.328 e. The Morgan fingerprint density at radius 3 is 2.29 bits per heavy atom. The topological polar surface area (TPSA) is 37.3 Å². The molecular weight excluding hydrogens is 319 g/mol. The van der Waals surface area contributed by atoms with Crippen molar-refractivity contribution in [2.45, 2.75) is 0 Å². The Morgan fingerprint density at radius 1 is 1.36 bits per heavy atom. The third-order valence-electron chi connectivity index (χ3n) is 1.44. The van der Waals surface area contributed by atoms with Gasteiger partial charge in [-0.1, -0.05) is 31.9 Å². The fraction of sp³-hybridized carbons (Fsp3) is 0. The van der Waals surface area contributed by atoms with Crippen molar-refractivity contribution >= 4 is 43.9 Å². The molecule has 0 fully saturated rings. The minimum absolute atomic E-state index is 0.392. The van der Waals surface area contributed by atoms with E-state index in [9.17, 15) is 9.18 Å². The zero-order chi connectivity index (χ0) is 10.7. The van der Waals surface area contributed by atoms with Crippen LogP contribution < -0.4 is 0 Å². The zero-order valence-corrected chi connectivity index (χ0v) is 9.97. The molecule has 74 valence electrons. The van der Waals surface area contributed by atoms with Gasteiger partial charge in [0.1, 0.15) is 5.82 Å². The molecular formula is C9H5Br2FO2. The lowest BCUT2D eigenvalue weighted by atomic mass is 10.2. The van der Waals surface area contributed by atoms with E-state index >= 15 is 0 Å². The first-order chi connectivity index (χ1) is 6.50. The molecule has 1 rings (SSSR count). The molecule has 1 aromatic rings. The van der Waals surface area contributed by atoms with Crippen LogP contribution >= 0.6 is 31.9 Å². The van der Waals surface area contributed by atoms with Gasteiger partial charge in [0.2, 0.25) is 0 Å². The van der Waals surface area contributed by atoms with Crippen LogP contribution in [0.3, 0.4) is 0 Å². The Bertz CT molecular complexity index is 379. The van der Waals surface area contributed by atoms with Gasteiger partial charge in [-0.25, -0.2) is 9.18 Å². The summed E-state index contributed by atoms with van der Waals surface area (Å²) >= 11 is 6.27. The van der Waals surface area contributed by atoms with Crippen LogP contribution in [0, 0.1) is 5.82 Å². The highest BCUT2D eigenvalue weighted by molar-refractivity contribution is 9.11. The number of carboxylic acids is 1. The Balaban J connectivity index is 3.15. The van der Waals surface area contributed by atoms with Crippen molar-refractivity contribution in [3.05, 3.63) is 38.5 Å². The van der Waals surface area contributed by atoms with Crippen LogP contribution in [0.4, 0.5) is 4.39 Å². The van der Waals surface area contributed by atoms with Gasteiger partial charge in [0.15, 0.2) is 0 Å². The Hall–Kier alpha value is -0.680. The molecule has 2 nitrogen and oxygen atoms in total. The van der Waals surface area contributed by atoms with Crippen LogP contribution in [0.2, 0.25) is 0 Å². The molecule has 0 unspecified atom stereocenters. The molecule has 0 saturated heterocycles. The van der Waals surface area contributed by atoms with Crippen molar-refractivity contribution in [2.24, 2.45) is 0 Å². The minimum atomic E-state index is -1.05. The van der Waals surface area contributed by atoms with Crippen molar-refractivity contribution in [3.63, 3.8) is 0 Å². The quantitative estimate of drug-likeness (QED) is 0.846. The predicted octanol–water partition coefficient (Wildman–Crippen LogP) is 3.45. The summed E-state index contributed by atoms with van der Waals surface area (Å²) in [7, 11) is 0. The number of carboxylic acid groups (broad SMARTS) is 1. The van der Waals surface area contributed by atoms with Gasteiger partial charge in [0, 0.05) is 20.6 Å². The molecule has 1 aromatic carbocycles. The highest BCUT2D eigenvalue weighted by Gasteiger charge is 2.04. The van der Waals surface area contributed by atoms with Gasteiger partial charge in [0.25, 0.3) is 0 Å². The Morgan fingerprint density at radius 2 is 1.86 bits per heavy atom. The van der Waals surface area contributed by atoms with Crippen LogP contribution in [0.25, 0.3) is 6.08 Å². The standard InChI is InChI=1S/C9H5Br2FO2/c10-7-3-5(12)4-8(11)6(7)1-2-9(13)14/h1-4H,(H,13,14)/b2-1+. The highest BCUT2D eigenvalue weighted by atomic mass is 79.9. The molecule has 0 saturated carbocycles. The summed E-state index contributed by atoms with van der Waals surface area (Å²) in [6, 6.07) is 2.54. The molecule has 0 amide bonds. The number of benzene rings is 1. The first-order valence-corrected chi connectivity index (χ1v) is 5.15. The molecule has 0 spiro atoms. The number of carbonyl (C=O) groups is 1. The maximum absolute atomic E-state index is 12.8. The lowest BCUT2D eigenvalue weighted by Gasteiger charge is -2.01. The van der Waals surface area contributed by atoms with Crippen molar-refractivity contribution in [1.29, 1.82) is 0 Å². The van der Waals surface area contributed by atoms with Gasteiger partial charge in [-0.05, 0) is 18.2 Å². The van der Waals surface area contributed by atoms with Gasteiger partial charge in [0.05, 0.1) is 0 Å². The van der Waals surface area contributed by atoms with E-state index in [-0.39, 0.29) is 0 Å². The molecule has 0 aromatic heterocycles. The van der Waals surface area contributed by atoms with Crippen LogP contribution in [-0.4, -0.2) is 11.1 Å². The molecule has 14 heavy (non-hydrogen) atoms. The minimum Gasteiger partial charge on any atom is -0.478 e. The molecule has 0 aliphatic heterocycles. The first-order valence-electron chi connectivity index (χ1n) is 3.56. The van der Waals surface area contributed by atoms with Crippen LogP contribution in [0.15, 0.2) is 27.2 Å². The highest BCUT2D eigenvalue weighted by Crippen LogP contribution is 2.27. The van der Waals surface area contributed by atoms with E-state index < -0.39 is 11.8 Å². The average Bonchev–Trinajstić information content (AvgIpc) is 2.01.